The lowest BCUT2D eigenvalue weighted by Gasteiger charge is -2.21. The summed E-state index contributed by atoms with van der Waals surface area (Å²) in [6.45, 7) is 0.810. The number of imide groups is 1. The van der Waals surface area contributed by atoms with Crippen LogP contribution in [0.1, 0.15) is 5.56 Å². The first-order valence-corrected chi connectivity index (χ1v) is 8.80. The molecule has 10 heteroatoms. The summed E-state index contributed by atoms with van der Waals surface area (Å²) in [5.74, 6) is -0.930. The summed E-state index contributed by atoms with van der Waals surface area (Å²) in [4.78, 5) is 42.5. The zero-order valence-electron chi connectivity index (χ0n) is 14.8. The summed E-state index contributed by atoms with van der Waals surface area (Å²) in [5.41, 5.74) is 1.01. The van der Waals surface area contributed by atoms with E-state index in [1.54, 1.807) is 18.2 Å². The van der Waals surface area contributed by atoms with Crippen LogP contribution in [0.25, 0.3) is 0 Å². The van der Waals surface area contributed by atoms with Gasteiger partial charge in [-0.3, -0.25) is 19.7 Å². The van der Waals surface area contributed by atoms with Gasteiger partial charge in [0.1, 0.15) is 24.8 Å². The highest BCUT2D eigenvalue weighted by Crippen LogP contribution is 2.39. The third kappa shape index (κ3) is 2.60. The SMILES string of the molecule is O=C1[C@@H]2C(c3ccc([N+](=O)[O-])cc3)=NO[C@@H]2C(=O)N1c1ccc2c(c1)OCCO2. The van der Waals surface area contributed by atoms with Gasteiger partial charge in [0, 0.05) is 23.8 Å². The second-order valence-electron chi connectivity index (χ2n) is 6.62. The van der Waals surface area contributed by atoms with Crippen LogP contribution < -0.4 is 14.4 Å². The number of carbonyl (C=O) groups is 2. The highest BCUT2D eigenvalue weighted by atomic mass is 16.7. The van der Waals surface area contributed by atoms with Gasteiger partial charge in [-0.15, -0.1) is 0 Å². The van der Waals surface area contributed by atoms with E-state index in [1.807, 2.05) is 0 Å². The first-order chi connectivity index (χ1) is 14.0. The molecule has 0 spiro atoms. The average molecular weight is 395 g/mol. The number of fused-ring (bicyclic) bond motifs is 2. The summed E-state index contributed by atoms with van der Waals surface area (Å²) in [7, 11) is 0. The third-order valence-corrected chi connectivity index (χ3v) is 4.97. The summed E-state index contributed by atoms with van der Waals surface area (Å²) in [6, 6.07) is 10.4. The van der Waals surface area contributed by atoms with Crippen molar-refractivity contribution in [3.8, 4) is 11.5 Å². The quantitative estimate of drug-likeness (QED) is 0.440. The number of anilines is 1. The van der Waals surface area contributed by atoms with Crippen LogP contribution in [0.15, 0.2) is 47.6 Å². The van der Waals surface area contributed by atoms with Crippen molar-refractivity contribution in [1.82, 2.24) is 0 Å². The van der Waals surface area contributed by atoms with E-state index in [2.05, 4.69) is 5.16 Å². The van der Waals surface area contributed by atoms with Gasteiger partial charge in [-0.2, -0.15) is 0 Å². The normalized spacial score (nSPS) is 22.2. The minimum Gasteiger partial charge on any atom is -0.486 e. The van der Waals surface area contributed by atoms with E-state index < -0.39 is 28.8 Å². The fourth-order valence-electron chi connectivity index (χ4n) is 3.60. The molecule has 0 aromatic heterocycles. The molecule has 0 N–H and O–H groups in total. The van der Waals surface area contributed by atoms with E-state index in [4.69, 9.17) is 14.3 Å². The van der Waals surface area contributed by atoms with E-state index in [0.717, 1.165) is 4.90 Å². The zero-order valence-corrected chi connectivity index (χ0v) is 14.8. The number of amides is 2. The third-order valence-electron chi connectivity index (χ3n) is 4.97. The Bertz CT molecular complexity index is 1080. The van der Waals surface area contributed by atoms with E-state index in [1.165, 1.54) is 24.3 Å². The minimum atomic E-state index is -1.07. The summed E-state index contributed by atoms with van der Waals surface area (Å²) in [6.07, 6.45) is -1.07. The van der Waals surface area contributed by atoms with E-state index in [0.29, 0.717) is 36.0 Å². The fourth-order valence-corrected chi connectivity index (χ4v) is 3.60. The molecule has 29 heavy (non-hydrogen) atoms. The van der Waals surface area contributed by atoms with Crippen molar-refractivity contribution in [2.75, 3.05) is 18.1 Å². The highest BCUT2D eigenvalue weighted by Gasteiger charge is 2.56. The molecule has 0 radical (unpaired) electrons. The number of rotatable bonds is 3. The van der Waals surface area contributed by atoms with Crippen molar-refractivity contribution in [3.63, 3.8) is 0 Å². The number of benzene rings is 2. The number of hydrogen-bond acceptors (Lipinski definition) is 8. The topological polar surface area (TPSA) is 121 Å². The van der Waals surface area contributed by atoms with E-state index in [-0.39, 0.29) is 11.4 Å². The lowest BCUT2D eigenvalue weighted by Crippen LogP contribution is -2.33. The molecule has 0 bridgehead atoms. The van der Waals surface area contributed by atoms with Gasteiger partial charge in [0.2, 0.25) is 12.0 Å². The molecule has 3 aliphatic heterocycles. The summed E-state index contributed by atoms with van der Waals surface area (Å²) < 4.78 is 11.0. The molecule has 1 saturated heterocycles. The Morgan fingerprint density at radius 2 is 1.72 bits per heavy atom. The molecule has 2 amide bonds. The van der Waals surface area contributed by atoms with Crippen molar-refractivity contribution >= 4 is 28.9 Å². The predicted molar refractivity (Wildman–Crippen MR) is 97.9 cm³/mol. The summed E-state index contributed by atoms with van der Waals surface area (Å²) in [5, 5.41) is 14.7. The van der Waals surface area contributed by atoms with Crippen molar-refractivity contribution in [3.05, 3.63) is 58.1 Å². The largest absolute Gasteiger partial charge is 0.486 e. The maximum Gasteiger partial charge on any atom is 0.278 e. The first-order valence-electron chi connectivity index (χ1n) is 8.80. The zero-order chi connectivity index (χ0) is 20.1. The first kappa shape index (κ1) is 17.2. The van der Waals surface area contributed by atoms with Crippen LogP contribution in [0.2, 0.25) is 0 Å². The second-order valence-corrected chi connectivity index (χ2v) is 6.62. The highest BCUT2D eigenvalue weighted by molar-refractivity contribution is 6.32. The number of carbonyl (C=O) groups excluding carboxylic acids is 2. The fraction of sp³-hybridized carbons (Fsp3) is 0.211. The molecule has 3 heterocycles. The van der Waals surface area contributed by atoms with Crippen molar-refractivity contribution in [2.24, 2.45) is 11.1 Å². The number of nitrogens with zero attached hydrogens (tertiary/aromatic N) is 3. The molecule has 0 saturated carbocycles. The number of nitro benzene ring substituents is 1. The van der Waals surface area contributed by atoms with Crippen LogP contribution in [-0.2, 0) is 14.4 Å². The Hall–Kier alpha value is -3.95. The van der Waals surface area contributed by atoms with E-state index >= 15 is 0 Å². The van der Waals surface area contributed by atoms with Crippen LogP contribution in [0, 0.1) is 16.0 Å². The average Bonchev–Trinajstić information content (AvgIpc) is 3.28. The van der Waals surface area contributed by atoms with Gasteiger partial charge < -0.3 is 14.3 Å². The Labute approximate surface area is 163 Å². The minimum absolute atomic E-state index is 0.0865. The number of oxime groups is 1. The van der Waals surface area contributed by atoms with Gasteiger partial charge in [-0.25, -0.2) is 4.90 Å². The van der Waals surface area contributed by atoms with Gasteiger partial charge >= 0.3 is 0 Å². The van der Waals surface area contributed by atoms with Gasteiger partial charge in [0.25, 0.3) is 11.6 Å². The molecule has 0 unspecified atom stereocenters. The molecule has 146 valence electrons. The molecule has 2 atom stereocenters. The predicted octanol–water partition coefficient (Wildman–Crippen LogP) is 1.66. The Kier molecular flexibility index (Phi) is 3.73. The Morgan fingerprint density at radius 3 is 2.45 bits per heavy atom. The van der Waals surface area contributed by atoms with Gasteiger partial charge in [-0.1, -0.05) is 5.16 Å². The van der Waals surface area contributed by atoms with Crippen LogP contribution in [-0.4, -0.2) is 41.8 Å². The maximum absolute atomic E-state index is 13.1. The lowest BCUT2D eigenvalue weighted by molar-refractivity contribution is -0.384. The van der Waals surface area contributed by atoms with Crippen LogP contribution in [0.5, 0.6) is 11.5 Å². The van der Waals surface area contributed by atoms with Crippen LogP contribution in [0.4, 0.5) is 11.4 Å². The Balaban J connectivity index is 1.46. The van der Waals surface area contributed by atoms with Crippen molar-refractivity contribution in [1.29, 1.82) is 0 Å². The molecule has 1 fully saturated rings. The van der Waals surface area contributed by atoms with Crippen molar-refractivity contribution < 1.29 is 28.8 Å². The molecule has 5 rings (SSSR count). The Morgan fingerprint density at radius 1 is 1.00 bits per heavy atom. The van der Waals surface area contributed by atoms with Gasteiger partial charge in [0.15, 0.2) is 11.5 Å². The van der Waals surface area contributed by atoms with Crippen LogP contribution >= 0.6 is 0 Å². The van der Waals surface area contributed by atoms with Gasteiger partial charge in [0.05, 0.1) is 10.6 Å². The molecule has 0 aliphatic carbocycles. The molecular formula is C19H13N3O7. The molecular weight excluding hydrogens is 382 g/mol. The second kappa shape index (κ2) is 6.30. The number of nitro groups is 1. The molecule has 3 aliphatic rings. The molecule has 2 aromatic rings. The van der Waals surface area contributed by atoms with E-state index in [9.17, 15) is 19.7 Å². The monoisotopic (exact) mass is 395 g/mol. The summed E-state index contributed by atoms with van der Waals surface area (Å²) >= 11 is 0. The lowest BCUT2D eigenvalue weighted by atomic mass is 9.94. The maximum atomic E-state index is 13.1. The van der Waals surface area contributed by atoms with Gasteiger partial charge in [-0.05, 0) is 24.3 Å². The van der Waals surface area contributed by atoms with Crippen LogP contribution in [0.3, 0.4) is 0 Å². The number of ether oxygens (including phenoxy) is 2. The van der Waals surface area contributed by atoms with Crippen molar-refractivity contribution in [2.45, 2.75) is 6.10 Å². The molecule has 10 nitrogen and oxygen atoms in total. The molecule has 2 aromatic carbocycles. The number of hydrogen-bond donors (Lipinski definition) is 0. The smallest absolute Gasteiger partial charge is 0.278 e. The standard InChI is InChI=1S/C19H13N3O7/c23-18-15-16(10-1-3-11(4-2-10)22(25)26)20-29-17(15)19(24)21(18)12-5-6-13-14(9-12)28-8-7-27-13/h1-6,9,15,17H,7-8H2/t15-,17+/m1/s1. The number of non-ortho nitro benzene ring substituents is 1.